The Balaban J connectivity index is 2.11. The van der Waals surface area contributed by atoms with Gasteiger partial charge in [-0.2, -0.15) is 0 Å². The molecule has 0 heterocycles. The standard InChI is InChI=1S/C18H17N3O8/c1-28-17(22)14(19-18(23)29-11-12-5-3-2-4-6-12)9-13-7-8-15(20(24)25)16(10-13)21(26)27/h2-8,10,14H,9,11H2,1H3,(H,19,23). The first-order chi connectivity index (χ1) is 13.8. The van der Waals surface area contributed by atoms with E-state index in [9.17, 15) is 29.8 Å². The summed E-state index contributed by atoms with van der Waals surface area (Å²) in [6, 6.07) is 10.9. The quantitative estimate of drug-likeness (QED) is 0.401. The number of carbonyl (C=O) groups is 2. The Morgan fingerprint density at radius 3 is 2.24 bits per heavy atom. The van der Waals surface area contributed by atoms with Crippen LogP contribution in [-0.4, -0.2) is 35.1 Å². The number of nitrogens with one attached hydrogen (secondary N) is 1. The van der Waals surface area contributed by atoms with E-state index in [0.29, 0.717) is 0 Å². The summed E-state index contributed by atoms with van der Waals surface area (Å²) >= 11 is 0. The van der Waals surface area contributed by atoms with Gasteiger partial charge in [-0.25, -0.2) is 9.59 Å². The zero-order valence-corrected chi connectivity index (χ0v) is 15.3. The summed E-state index contributed by atoms with van der Waals surface area (Å²) < 4.78 is 9.68. The molecular weight excluding hydrogens is 386 g/mol. The molecule has 1 amide bonds. The van der Waals surface area contributed by atoms with Crippen molar-refractivity contribution in [2.24, 2.45) is 0 Å². The van der Waals surface area contributed by atoms with Crippen molar-refractivity contribution in [3.63, 3.8) is 0 Å². The van der Waals surface area contributed by atoms with Crippen LogP contribution < -0.4 is 5.32 Å². The molecule has 11 nitrogen and oxygen atoms in total. The number of alkyl carbamates (subject to hydrolysis) is 1. The number of esters is 1. The third-order valence-electron chi connectivity index (χ3n) is 3.86. The molecule has 1 unspecified atom stereocenters. The fourth-order valence-electron chi connectivity index (χ4n) is 2.47. The van der Waals surface area contributed by atoms with E-state index in [-0.39, 0.29) is 18.6 Å². The second kappa shape index (κ2) is 9.78. The molecule has 2 rings (SSSR count). The molecule has 0 aliphatic heterocycles. The summed E-state index contributed by atoms with van der Waals surface area (Å²) in [5.74, 6) is -0.803. The van der Waals surface area contributed by atoms with Gasteiger partial charge in [0.15, 0.2) is 0 Å². The van der Waals surface area contributed by atoms with E-state index in [4.69, 9.17) is 4.74 Å². The number of rotatable bonds is 8. The van der Waals surface area contributed by atoms with Gasteiger partial charge in [-0.3, -0.25) is 20.2 Å². The molecule has 2 aromatic carbocycles. The zero-order valence-electron chi connectivity index (χ0n) is 15.3. The van der Waals surface area contributed by atoms with Crippen LogP contribution in [-0.2, 0) is 27.3 Å². The molecule has 0 saturated heterocycles. The number of nitro groups is 2. The summed E-state index contributed by atoms with van der Waals surface area (Å²) in [7, 11) is 1.12. The van der Waals surface area contributed by atoms with Crippen LogP contribution in [0.3, 0.4) is 0 Å². The van der Waals surface area contributed by atoms with Crippen molar-refractivity contribution >= 4 is 23.4 Å². The van der Waals surface area contributed by atoms with E-state index < -0.39 is 39.3 Å². The van der Waals surface area contributed by atoms with E-state index in [1.165, 1.54) is 6.07 Å². The van der Waals surface area contributed by atoms with Crippen LogP contribution in [0.25, 0.3) is 0 Å². The smallest absolute Gasteiger partial charge is 0.408 e. The topological polar surface area (TPSA) is 151 Å². The molecule has 0 bridgehead atoms. The Hall–Kier alpha value is -4.02. The van der Waals surface area contributed by atoms with Crippen molar-refractivity contribution < 1.29 is 28.9 Å². The van der Waals surface area contributed by atoms with Gasteiger partial charge in [0.1, 0.15) is 12.6 Å². The number of methoxy groups -OCH3 is 1. The van der Waals surface area contributed by atoms with Crippen LogP contribution in [0, 0.1) is 20.2 Å². The van der Waals surface area contributed by atoms with E-state index in [2.05, 4.69) is 10.1 Å². The van der Waals surface area contributed by atoms with Gasteiger partial charge in [-0.15, -0.1) is 0 Å². The molecule has 1 atom stereocenters. The van der Waals surface area contributed by atoms with Crippen LogP contribution in [0.1, 0.15) is 11.1 Å². The molecule has 1 N–H and O–H groups in total. The van der Waals surface area contributed by atoms with E-state index in [0.717, 1.165) is 24.8 Å². The highest BCUT2D eigenvalue weighted by molar-refractivity contribution is 5.81. The van der Waals surface area contributed by atoms with Crippen molar-refractivity contribution in [2.45, 2.75) is 19.1 Å². The summed E-state index contributed by atoms with van der Waals surface area (Å²) in [5, 5.41) is 24.3. The highest BCUT2D eigenvalue weighted by Gasteiger charge is 2.27. The maximum atomic E-state index is 12.0. The second-order valence-electron chi connectivity index (χ2n) is 5.82. The number of hydrogen-bond acceptors (Lipinski definition) is 8. The van der Waals surface area contributed by atoms with Gasteiger partial charge in [-0.1, -0.05) is 36.4 Å². The fourth-order valence-corrected chi connectivity index (χ4v) is 2.47. The summed E-state index contributed by atoms with van der Waals surface area (Å²) in [4.78, 5) is 44.2. The number of nitro benzene ring substituents is 2. The predicted octanol–water partition coefficient (Wildman–Crippen LogP) is 2.51. The Bertz CT molecular complexity index is 917. The number of nitrogens with zero attached hydrogens (tertiary/aromatic N) is 2. The summed E-state index contributed by atoms with van der Waals surface area (Å²) in [5.41, 5.74) is -0.435. The molecule has 0 spiro atoms. The lowest BCUT2D eigenvalue weighted by Gasteiger charge is -2.16. The Morgan fingerprint density at radius 2 is 1.66 bits per heavy atom. The molecule has 0 aliphatic rings. The summed E-state index contributed by atoms with van der Waals surface area (Å²) in [6.45, 7) is -0.0242. The lowest BCUT2D eigenvalue weighted by Crippen LogP contribution is -2.43. The highest BCUT2D eigenvalue weighted by atomic mass is 16.6. The van der Waals surface area contributed by atoms with Crippen LogP contribution >= 0.6 is 0 Å². The van der Waals surface area contributed by atoms with Crippen LogP contribution in [0.2, 0.25) is 0 Å². The first-order valence-corrected chi connectivity index (χ1v) is 8.28. The number of amides is 1. The molecule has 29 heavy (non-hydrogen) atoms. The van der Waals surface area contributed by atoms with Crippen molar-refractivity contribution in [3.05, 3.63) is 79.9 Å². The molecule has 0 saturated carbocycles. The Morgan fingerprint density at radius 1 is 1.00 bits per heavy atom. The van der Waals surface area contributed by atoms with Gasteiger partial charge in [0.05, 0.1) is 17.0 Å². The van der Waals surface area contributed by atoms with Crippen molar-refractivity contribution in [1.82, 2.24) is 5.32 Å². The molecule has 0 aliphatic carbocycles. The van der Waals surface area contributed by atoms with Gasteiger partial charge >= 0.3 is 23.4 Å². The van der Waals surface area contributed by atoms with Gasteiger partial charge in [-0.05, 0) is 11.1 Å². The lowest BCUT2D eigenvalue weighted by molar-refractivity contribution is -0.422. The average Bonchev–Trinajstić information content (AvgIpc) is 2.71. The Labute approximate surface area is 164 Å². The van der Waals surface area contributed by atoms with Gasteiger partial charge < -0.3 is 14.8 Å². The molecule has 11 heteroatoms. The number of hydrogen-bond donors (Lipinski definition) is 1. The van der Waals surface area contributed by atoms with Crippen LogP contribution in [0.4, 0.5) is 16.2 Å². The van der Waals surface area contributed by atoms with E-state index >= 15 is 0 Å². The van der Waals surface area contributed by atoms with Gasteiger partial charge in [0.25, 0.3) is 0 Å². The molecule has 0 fully saturated rings. The number of ether oxygens (including phenoxy) is 2. The predicted molar refractivity (Wildman–Crippen MR) is 99.0 cm³/mol. The summed E-state index contributed by atoms with van der Waals surface area (Å²) in [6.07, 6.45) is -1.08. The normalized spacial score (nSPS) is 11.2. The van der Waals surface area contributed by atoms with Crippen LogP contribution in [0.5, 0.6) is 0 Å². The maximum absolute atomic E-state index is 12.0. The highest BCUT2D eigenvalue weighted by Crippen LogP contribution is 2.28. The maximum Gasteiger partial charge on any atom is 0.408 e. The fraction of sp³-hybridized carbons (Fsp3) is 0.222. The first-order valence-electron chi connectivity index (χ1n) is 8.28. The molecular formula is C18H17N3O8. The molecule has 0 aromatic heterocycles. The molecule has 0 radical (unpaired) electrons. The van der Waals surface area contributed by atoms with Crippen molar-refractivity contribution in [3.8, 4) is 0 Å². The van der Waals surface area contributed by atoms with E-state index in [1.807, 2.05) is 0 Å². The third-order valence-corrected chi connectivity index (χ3v) is 3.86. The number of carbonyl (C=O) groups excluding carboxylic acids is 2. The van der Waals surface area contributed by atoms with Gasteiger partial charge in [0.2, 0.25) is 0 Å². The minimum absolute atomic E-state index is 0.0242. The molecule has 152 valence electrons. The van der Waals surface area contributed by atoms with Gasteiger partial charge in [0, 0.05) is 18.6 Å². The van der Waals surface area contributed by atoms with E-state index in [1.54, 1.807) is 30.3 Å². The average molecular weight is 403 g/mol. The Kier molecular flexibility index (Phi) is 7.18. The largest absolute Gasteiger partial charge is 0.467 e. The SMILES string of the molecule is COC(=O)C(Cc1ccc([N+](=O)[O-])c([N+](=O)[O-])c1)NC(=O)OCc1ccccc1. The zero-order chi connectivity index (χ0) is 21.4. The van der Waals surface area contributed by atoms with Crippen LogP contribution in [0.15, 0.2) is 48.5 Å². The molecule has 2 aromatic rings. The minimum atomic E-state index is -1.20. The van der Waals surface area contributed by atoms with Crippen molar-refractivity contribution in [1.29, 1.82) is 0 Å². The monoisotopic (exact) mass is 403 g/mol. The second-order valence-corrected chi connectivity index (χ2v) is 5.82. The van der Waals surface area contributed by atoms with Crippen molar-refractivity contribution in [2.75, 3.05) is 7.11 Å². The third kappa shape index (κ3) is 5.99. The first kappa shape index (κ1) is 21.3. The lowest BCUT2D eigenvalue weighted by atomic mass is 10.0. The minimum Gasteiger partial charge on any atom is -0.467 e. The number of benzene rings is 2.